The van der Waals surface area contributed by atoms with Crippen LogP contribution in [0.4, 0.5) is 5.69 Å². The number of H-pyrrole nitrogens is 1. The van der Waals surface area contributed by atoms with Crippen molar-refractivity contribution in [2.75, 3.05) is 11.6 Å². The molecule has 31 heavy (non-hydrogen) atoms. The van der Waals surface area contributed by atoms with Gasteiger partial charge in [-0.2, -0.15) is 5.21 Å². The summed E-state index contributed by atoms with van der Waals surface area (Å²) in [4.78, 5) is 4.68. The van der Waals surface area contributed by atoms with Crippen molar-refractivity contribution in [3.63, 3.8) is 0 Å². The third kappa shape index (κ3) is 3.79. The van der Waals surface area contributed by atoms with Crippen LogP contribution in [0.3, 0.4) is 0 Å². The Morgan fingerprint density at radius 1 is 1.03 bits per heavy atom. The first-order valence-corrected chi connectivity index (χ1v) is 10.9. The average molecular weight is 436 g/mol. The summed E-state index contributed by atoms with van der Waals surface area (Å²) in [7, 11) is 0. The van der Waals surface area contributed by atoms with Gasteiger partial charge in [-0.15, -0.1) is 10.2 Å². The highest BCUT2D eigenvalue weighted by Gasteiger charge is 2.42. The zero-order valence-electron chi connectivity index (χ0n) is 17.5. The number of tetrazole rings is 1. The fourth-order valence-electron chi connectivity index (χ4n) is 4.65. The Bertz CT molecular complexity index is 1090. The first kappa shape index (κ1) is 20.0. The van der Waals surface area contributed by atoms with Crippen LogP contribution in [0, 0.1) is 0 Å². The molecule has 0 bridgehead atoms. The largest absolute Gasteiger partial charge is 0.353 e. The molecule has 160 valence electrons. The number of aromatic amines is 1. The van der Waals surface area contributed by atoms with E-state index in [-0.39, 0.29) is 11.1 Å². The maximum atomic E-state index is 6.83. The van der Waals surface area contributed by atoms with Gasteiger partial charge < -0.3 is 15.5 Å². The molecule has 2 aliphatic rings. The second-order valence-electron chi connectivity index (χ2n) is 8.83. The van der Waals surface area contributed by atoms with Crippen molar-refractivity contribution in [2.45, 2.75) is 43.7 Å². The Hall–Kier alpha value is -2.90. The molecule has 0 radical (unpaired) electrons. The maximum Gasteiger partial charge on any atom is 0.204 e. The van der Waals surface area contributed by atoms with Crippen molar-refractivity contribution in [3.05, 3.63) is 71.5 Å². The van der Waals surface area contributed by atoms with Gasteiger partial charge in [-0.3, -0.25) is 0 Å². The highest BCUT2D eigenvalue weighted by molar-refractivity contribution is 6.30. The molecular formula is C23H26ClN7. The number of rotatable bonds is 4. The van der Waals surface area contributed by atoms with Crippen LogP contribution in [0.1, 0.15) is 38.2 Å². The Morgan fingerprint density at radius 3 is 2.58 bits per heavy atom. The van der Waals surface area contributed by atoms with E-state index in [9.17, 15) is 0 Å². The lowest BCUT2D eigenvalue weighted by atomic mass is 9.70. The molecule has 0 atom stereocenters. The zero-order chi connectivity index (χ0) is 21.5. The Morgan fingerprint density at radius 2 is 1.84 bits per heavy atom. The highest BCUT2D eigenvalue weighted by Crippen LogP contribution is 2.43. The summed E-state index contributed by atoms with van der Waals surface area (Å²) in [5.41, 5.74) is 9.76. The van der Waals surface area contributed by atoms with Gasteiger partial charge in [0.1, 0.15) is 0 Å². The normalized spacial score (nSPS) is 25.9. The Kier molecular flexibility index (Phi) is 4.95. The van der Waals surface area contributed by atoms with Crippen LogP contribution >= 0.6 is 11.6 Å². The quantitative estimate of drug-likeness (QED) is 0.636. The Balaban J connectivity index is 1.28. The van der Waals surface area contributed by atoms with Crippen molar-refractivity contribution in [3.8, 4) is 11.4 Å². The molecular weight excluding hydrogens is 410 g/mol. The molecule has 3 aromatic rings. The lowest BCUT2D eigenvalue weighted by Crippen LogP contribution is -2.52. The maximum absolute atomic E-state index is 6.83. The van der Waals surface area contributed by atoms with Gasteiger partial charge in [-0.25, -0.2) is 0 Å². The molecule has 1 aliphatic carbocycles. The number of anilines is 1. The third-order valence-electron chi connectivity index (χ3n) is 6.82. The molecule has 7 nitrogen and oxygen atoms in total. The fourth-order valence-corrected chi connectivity index (χ4v) is 4.84. The van der Waals surface area contributed by atoms with E-state index in [4.69, 9.17) is 17.3 Å². The lowest BCUT2D eigenvalue weighted by molar-refractivity contribution is 0.0888. The summed E-state index contributed by atoms with van der Waals surface area (Å²) >= 11 is 6.21. The molecule has 2 aromatic carbocycles. The first-order chi connectivity index (χ1) is 15.0. The molecule has 3 N–H and O–H groups in total. The van der Waals surface area contributed by atoms with E-state index >= 15 is 0 Å². The minimum absolute atomic E-state index is 0.0674. The van der Waals surface area contributed by atoms with Crippen LogP contribution < -0.4 is 10.6 Å². The van der Waals surface area contributed by atoms with Crippen molar-refractivity contribution in [1.29, 1.82) is 0 Å². The average Bonchev–Trinajstić information content (AvgIpc) is 3.49. The molecule has 0 spiro atoms. The van der Waals surface area contributed by atoms with Gasteiger partial charge in [0.15, 0.2) is 0 Å². The minimum Gasteiger partial charge on any atom is -0.353 e. The molecule has 8 heteroatoms. The SMILES string of the molecule is CC1(N2C=CN(c3cccc(-c4nn[nH]n4)c3)C2)CCC(N)(c2cccc(Cl)c2)CC1. The number of halogens is 1. The predicted molar refractivity (Wildman–Crippen MR) is 122 cm³/mol. The first-order valence-electron chi connectivity index (χ1n) is 10.6. The van der Waals surface area contributed by atoms with Crippen LogP contribution in [-0.2, 0) is 5.54 Å². The smallest absolute Gasteiger partial charge is 0.204 e. The van der Waals surface area contributed by atoms with E-state index < -0.39 is 0 Å². The number of nitrogens with one attached hydrogen (secondary N) is 1. The van der Waals surface area contributed by atoms with E-state index in [1.165, 1.54) is 0 Å². The molecule has 0 saturated heterocycles. The summed E-state index contributed by atoms with van der Waals surface area (Å²) < 4.78 is 0. The van der Waals surface area contributed by atoms with Crippen molar-refractivity contribution < 1.29 is 0 Å². The number of hydrogen-bond donors (Lipinski definition) is 2. The molecule has 1 fully saturated rings. The van der Waals surface area contributed by atoms with Crippen LogP contribution in [0.2, 0.25) is 5.02 Å². The second kappa shape index (κ2) is 7.66. The van der Waals surface area contributed by atoms with E-state index in [1.54, 1.807) is 0 Å². The van der Waals surface area contributed by atoms with Crippen molar-refractivity contribution in [1.82, 2.24) is 25.5 Å². The third-order valence-corrected chi connectivity index (χ3v) is 7.06. The van der Waals surface area contributed by atoms with Gasteiger partial charge >= 0.3 is 0 Å². The second-order valence-corrected chi connectivity index (χ2v) is 9.26. The lowest BCUT2D eigenvalue weighted by Gasteiger charge is -2.48. The van der Waals surface area contributed by atoms with Crippen LogP contribution in [0.15, 0.2) is 60.9 Å². The number of aromatic nitrogens is 4. The van der Waals surface area contributed by atoms with Gasteiger partial charge in [0.25, 0.3) is 0 Å². The number of hydrogen-bond acceptors (Lipinski definition) is 6. The van der Waals surface area contributed by atoms with Crippen LogP contribution in [0.5, 0.6) is 0 Å². The van der Waals surface area contributed by atoms with E-state index in [2.05, 4.69) is 67.9 Å². The monoisotopic (exact) mass is 435 g/mol. The summed E-state index contributed by atoms with van der Waals surface area (Å²) in [6, 6.07) is 16.2. The summed E-state index contributed by atoms with van der Waals surface area (Å²) in [5, 5.41) is 15.1. The van der Waals surface area contributed by atoms with Crippen molar-refractivity contribution in [2.24, 2.45) is 5.73 Å². The molecule has 1 aliphatic heterocycles. The highest BCUT2D eigenvalue weighted by atomic mass is 35.5. The van der Waals surface area contributed by atoms with Gasteiger partial charge in [0, 0.05) is 39.8 Å². The molecule has 0 amide bonds. The van der Waals surface area contributed by atoms with Gasteiger partial charge in [-0.1, -0.05) is 35.9 Å². The Labute approximate surface area is 186 Å². The van der Waals surface area contributed by atoms with E-state index in [0.29, 0.717) is 5.82 Å². The van der Waals surface area contributed by atoms with Gasteiger partial charge in [0.05, 0.1) is 6.67 Å². The molecule has 1 saturated carbocycles. The molecule has 2 heterocycles. The number of benzene rings is 2. The van der Waals surface area contributed by atoms with Gasteiger partial charge in [0.2, 0.25) is 5.82 Å². The van der Waals surface area contributed by atoms with E-state index in [0.717, 1.165) is 54.2 Å². The molecule has 1 aromatic heterocycles. The standard InChI is InChI=1S/C23H26ClN7/c1-22(8-10-23(25,11-9-22)18-5-3-6-19(24)15-18)31-13-12-30(16-31)20-7-2-4-17(14-20)21-26-28-29-27-21/h2-7,12-15H,8-11,16,25H2,1H3,(H,26,27,28,29). The summed E-state index contributed by atoms with van der Waals surface area (Å²) in [5.74, 6) is 0.599. The minimum atomic E-state index is -0.313. The predicted octanol–water partition coefficient (Wildman–Crippen LogP) is 4.26. The van der Waals surface area contributed by atoms with Crippen LogP contribution in [0.25, 0.3) is 11.4 Å². The van der Waals surface area contributed by atoms with Crippen molar-refractivity contribution >= 4 is 17.3 Å². The molecule has 5 rings (SSSR count). The number of nitrogens with zero attached hydrogens (tertiary/aromatic N) is 5. The topological polar surface area (TPSA) is 87.0 Å². The fraction of sp³-hybridized carbons (Fsp3) is 0.348. The summed E-state index contributed by atoms with van der Waals surface area (Å²) in [6.07, 6.45) is 8.25. The van der Waals surface area contributed by atoms with Gasteiger partial charge in [-0.05, 0) is 67.6 Å². The zero-order valence-corrected chi connectivity index (χ0v) is 18.3. The summed E-state index contributed by atoms with van der Waals surface area (Å²) in [6.45, 7) is 3.15. The molecule has 0 unspecified atom stereocenters. The van der Waals surface area contributed by atoms with Crippen LogP contribution in [-0.4, -0.2) is 37.7 Å². The number of nitrogens with two attached hydrogens (primary N) is 1. The van der Waals surface area contributed by atoms with E-state index in [1.807, 2.05) is 30.3 Å².